The Labute approximate surface area is 113 Å². The number of carboxylic acid groups (broad SMARTS) is 1. The number of phenolic OH excluding ortho intramolecular Hbond substituents is 1. The quantitative estimate of drug-likeness (QED) is 0.737. The minimum atomic E-state index is -1.20. The van der Waals surface area contributed by atoms with Crippen LogP contribution in [0.15, 0.2) is 18.2 Å². The molecule has 1 unspecified atom stereocenters. The number of amides is 1. The van der Waals surface area contributed by atoms with Crippen molar-refractivity contribution in [2.75, 3.05) is 12.0 Å². The molecular formula is C12H14FNO4S. The molecule has 3 N–H and O–H groups in total. The van der Waals surface area contributed by atoms with Crippen LogP contribution >= 0.6 is 11.8 Å². The van der Waals surface area contributed by atoms with Gasteiger partial charge in [0.1, 0.15) is 23.2 Å². The van der Waals surface area contributed by atoms with Crippen LogP contribution in [0.5, 0.6) is 5.75 Å². The topological polar surface area (TPSA) is 86.6 Å². The van der Waals surface area contributed by atoms with Crippen LogP contribution in [0, 0.1) is 5.82 Å². The van der Waals surface area contributed by atoms with E-state index in [1.54, 1.807) is 0 Å². The molecule has 0 aliphatic rings. The monoisotopic (exact) mass is 287 g/mol. The molecule has 1 aromatic carbocycles. The molecule has 0 bridgehead atoms. The molecule has 0 saturated heterocycles. The van der Waals surface area contributed by atoms with E-state index >= 15 is 0 Å². The molecule has 7 heteroatoms. The number of benzene rings is 1. The number of aliphatic carboxylic acids is 1. The Morgan fingerprint density at radius 1 is 1.47 bits per heavy atom. The first kappa shape index (κ1) is 15.3. The maximum Gasteiger partial charge on any atom is 0.326 e. The highest BCUT2D eigenvalue weighted by Crippen LogP contribution is 2.19. The summed E-state index contributed by atoms with van der Waals surface area (Å²) in [5.41, 5.74) is -0.544. The van der Waals surface area contributed by atoms with Crippen molar-refractivity contribution >= 4 is 23.6 Å². The van der Waals surface area contributed by atoms with Gasteiger partial charge in [0.2, 0.25) is 0 Å². The second-order valence-corrected chi connectivity index (χ2v) is 4.77. The standard InChI is InChI=1S/C12H14FNO4S/c1-19-6-5-8(12(17)18)14-11(16)10-7(13)3-2-4-9(10)15/h2-4,8,15H,5-6H2,1H3,(H,14,16)(H,17,18). The molecule has 0 spiro atoms. The molecule has 0 radical (unpaired) electrons. The fraction of sp³-hybridized carbons (Fsp3) is 0.333. The van der Waals surface area contributed by atoms with E-state index in [-0.39, 0.29) is 6.42 Å². The lowest BCUT2D eigenvalue weighted by atomic mass is 10.1. The van der Waals surface area contributed by atoms with Gasteiger partial charge in [0, 0.05) is 0 Å². The van der Waals surface area contributed by atoms with Gasteiger partial charge in [-0.15, -0.1) is 0 Å². The van der Waals surface area contributed by atoms with E-state index < -0.39 is 35.0 Å². The van der Waals surface area contributed by atoms with Crippen LogP contribution in [-0.4, -0.2) is 40.1 Å². The Morgan fingerprint density at radius 3 is 2.68 bits per heavy atom. The Bertz CT molecular complexity index is 461. The molecule has 5 nitrogen and oxygen atoms in total. The molecule has 0 aliphatic carbocycles. The van der Waals surface area contributed by atoms with E-state index in [0.29, 0.717) is 5.75 Å². The second-order valence-electron chi connectivity index (χ2n) is 3.78. The molecule has 0 saturated carbocycles. The Morgan fingerprint density at radius 2 is 2.16 bits per heavy atom. The van der Waals surface area contributed by atoms with E-state index in [9.17, 15) is 19.1 Å². The summed E-state index contributed by atoms with van der Waals surface area (Å²) in [7, 11) is 0. The first-order valence-corrected chi connectivity index (χ1v) is 6.86. The van der Waals surface area contributed by atoms with Crippen molar-refractivity contribution in [1.82, 2.24) is 5.32 Å². The van der Waals surface area contributed by atoms with Crippen LogP contribution in [0.3, 0.4) is 0 Å². The molecule has 1 rings (SSSR count). The minimum absolute atomic E-state index is 0.220. The van der Waals surface area contributed by atoms with Crippen LogP contribution < -0.4 is 5.32 Å². The third kappa shape index (κ3) is 4.13. The number of aromatic hydroxyl groups is 1. The first-order chi connectivity index (χ1) is 8.97. The smallest absolute Gasteiger partial charge is 0.326 e. The van der Waals surface area contributed by atoms with Crippen LogP contribution in [0.4, 0.5) is 4.39 Å². The highest BCUT2D eigenvalue weighted by molar-refractivity contribution is 7.98. The molecule has 1 amide bonds. The molecule has 104 valence electrons. The number of carboxylic acids is 1. The maximum atomic E-state index is 13.4. The average molecular weight is 287 g/mol. The molecule has 0 heterocycles. The summed E-state index contributed by atoms with van der Waals surface area (Å²) in [5, 5.41) is 20.6. The Hall–Kier alpha value is -1.76. The van der Waals surface area contributed by atoms with E-state index in [4.69, 9.17) is 5.11 Å². The molecule has 1 atom stereocenters. The summed E-state index contributed by atoms with van der Waals surface area (Å²) in [5.74, 6) is -3.01. The largest absolute Gasteiger partial charge is 0.507 e. The predicted octanol–water partition coefficient (Wildman–Crippen LogP) is 1.47. The lowest BCUT2D eigenvalue weighted by Crippen LogP contribution is -2.41. The lowest BCUT2D eigenvalue weighted by Gasteiger charge is -2.14. The van der Waals surface area contributed by atoms with Gasteiger partial charge < -0.3 is 15.5 Å². The van der Waals surface area contributed by atoms with Gasteiger partial charge >= 0.3 is 5.97 Å². The third-order valence-electron chi connectivity index (χ3n) is 2.43. The van der Waals surface area contributed by atoms with Gasteiger partial charge in [-0.05, 0) is 30.6 Å². The SMILES string of the molecule is CSCCC(NC(=O)c1c(O)cccc1F)C(=O)O. The van der Waals surface area contributed by atoms with Crippen LogP contribution in [-0.2, 0) is 4.79 Å². The number of rotatable bonds is 6. The van der Waals surface area contributed by atoms with E-state index in [1.807, 2.05) is 6.26 Å². The van der Waals surface area contributed by atoms with Crippen molar-refractivity contribution < 1.29 is 24.2 Å². The van der Waals surface area contributed by atoms with Crippen molar-refractivity contribution in [1.29, 1.82) is 0 Å². The van der Waals surface area contributed by atoms with E-state index in [0.717, 1.165) is 12.1 Å². The third-order valence-corrected chi connectivity index (χ3v) is 3.08. The van der Waals surface area contributed by atoms with Crippen molar-refractivity contribution in [2.24, 2.45) is 0 Å². The molecule has 0 fully saturated rings. The fourth-order valence-electron chi connectivity index (χ4n) is 1.46. The number of nitrogens with one attached hydrogen (secondary N) is 1. The number of carbonyl (C=O) groups excluding carboxylic acids is 1. The first-order valence-electron chi connectivity index (χ1n) is 5.47. The summed E-state index contributed by atoms with van der Waals surface area (Å²) < 4.78 is 13.4. The summed E-state index contributed by atoms with van der Waals surface area (Å²) in [4.78, 5) is 22.7. The van der Waals surface area contributed by atoms with Crippen LogP contribution in [0.25, 0.3) is 0 Å². The zero-order valence-corrected chi connectivity index (χ0v) is 11.0. The average Bonchev–Trinajstić information content (AvgIpc) is 2.33. The number of halogens is 1. The van der Waals surface area contributed by atoms with Crippen LogP contribution in [0.1, 0.15) is 16.8 Å². The second kappa shape index (κ2) is 6.98. The van der Waals surface area contributed by atoms with Crippen molar-refractivity contribution in [3.05, 3.63) is 29.6 Å². The number of hydrogen-bond acceptors (Lipinski definition) is 4. The van der Waals surface area contributed by atoms with Gasteiger partial charge in [-0.3, -0.25) is 4.79 Å². The zero-order chi connectivity index (χ0) is 14.4. The molecule has 1 aromatic rings. The van der Waals surface area contributed by atoms with E-state index in [1.165, 1.54) is 17.8 Å². The van der Waals surface area contributed by atoms with Gasteiger partial charge in [0.25, 0.3) is 5.91 Å². The van der Waals surface area contributed by atoms with Crippen molar-refractivity contribution in [3.63, 3.8) is 0 Å². The number of thioether (sulfide) groups is 1. The normalized spacial score (nSPS) is 11.9. The molecule has 0 aromatic heterocycles. The summed E-state index contributed by atoms with van der Waals surface area (Å²) >= 11 is 1.44. The number of hydrogen-bond donors (Lipinski definition) is 3. The zero-order valence-electron chi connectivity index (χ0n) is 10.2. The maximum absolute atomic E-state index is 13.4. The van der Waals surface area contributed by atoms with Gasteiger partial charge in [-0.25, -0.2) is 9.18 Å². The summed E-state index contributed by atoms with van der Waals surface area (Å²) in [6, 6.07) is 2.32. The highest BCUT2D eigenvalue weighted by atomic mass is 32.2. The van der Waals surface area contributed by atoms with E-state index in [2.05, 4.69) is 5.32 Å². The summed E-state index contributed by atoms with van der Waals surface area (Å²) in [6.07, 6.45) is 2.03. The Balaban J connectivity index is 2.85. The molecule has 0 aliphatic heterocycles. The highest BCUT2D eigenvalue weighted by Gasteiger charge is 2.23. The van der Waals surface area contributed by atoms with Gasteiger partial charge in [0.15, 0.2) is 0 Å². The number of phenols is 1. The van der Waals surface area contributed by atoms with Crippen molar-refractivity contribution in [3.8, 4) is 5.75 Å². The van der Waals surface area contributed by atoms with Gasteiger partial charge in [-0.1, -0.05) is 6.07 Å². The predicted molar refractivity (Wildman–Crippen MR) is 70.0 cm³/mol. The van der Waals surface area contributed by atoms with Gasteiger partial charge in [0.05, 0.1) is 0 Å². The summed E-state index contributed by atoms with van der Waals surface area (Å²) in [6.45, 7) is 0. The Kier molecular flexibility index (Phi) is 5.62. The molecule has 19 heavy (non-hydrogen) atoms. The van der Waals surface area contributed by atoms with Crippen LogP contribution in [0.2, 0.25) is 0 Å². The molecular weight excluding hydrogens is 273 g/mol. The fourth-order valence-corrected chi connectivity index (χ4v) is 1.93. The minimum Gasteiger partial charge on any atom is -0.507 e. The van der Waals surface area contributed by atoms with Gasteiger partial charge in [-0.2, -0.15) is 11.8 Å². The number of carbonyl (C=O) groups is 2. The lowest BCUT2D eigenvalue weighted by molar-refractivity contribution is -0.139. The van der Waals surface area contributed by atoms with Crippen molar-refractivity contribution in [2.45, 2.75) is 12.5 Å².